The average Bonchev–Trinajstić information content (AvgIpc) is 3.06. The van der Waals surface area contributed by atoms with E-state index in [-0.39, 0.29) is 11.8 Å². The van der Waals surface area contributed by atoms with Crippen LogP contribution in [0, 0.1) is 11.8 Å². The molecule has 0 aliphatic carbocycles. The van der Waals surface area contributed by atoms with Gasteiger partial charge in [0, 0.05) is 19.6 Å². The van der Waals surface area contributed by atoms with E-state index in [4.69, 9.17) is 4.74 Å². The molecule has 0 N–H and O–H groups in total. The highest BCUT2D eigenvalue weighted by Crippen LogP contribution is 2.35. The highest BCUT2D eigenvalue weighted by molar-refractivity contribution is 6.35. The number of carbonyl (C=O) groups is 2. The number of rotatable bonds is 8. The topological polar surface area (TPSA) is 49.9 Å². The standard InChI is InChI=1S/C28H34N2O3/c1-4-16-33-24-12-10-23(11-13-24)25-26(29-18-20(2)17-21(3)19-29)28(32)30(27(25)31)15-14-22-8-6-5-7-9-22/h5-13,20-21H,4,14-19H2,1-3H3. The van der Waals surface area contributed by atoms with Crippen LogP contribution in [-0.2, 0) is 16.0 Å². The first kappa shape index (κ1) is 23.1. The summed E-state index contributed by atoms with van der Waals surface area (Å²) in [5.74, 6) is 1.38. The molecule has 5 heteroatoms. The number of carbonyl (C=O) groups excluding carboxylic acids is 2. The lowest BCUT2D eigenvalue weighted by molar-refractivity contribution is -0.137. The molecule has 0 bridgehead atoms. The van der Waals surface area contributed by atoms with Crippen molar-refractivity contribution in [3.8, 4) is 5.75 Å². The van der Waals surface area contributed by atoms with Gasteiger partial charge >= 0.3 is 0 Å². The second-order valence-electron chi connectivity index (χ2n) is 9.45. The van der Waals surface area contributed by atoms with Gasteiger partial charge in [0.1, 0.15) is 11.4 Å². The lowest BCUT2D eigenvalue weighted by Crippen LogP contribution is -2.42. The van der Waals surface area contributed by atoms with Crippen LogP contribution >= 0.6 is 0 Å². The van der Waals surface area contributed by atoms with Gasteiger partial charge < -0.3 is 9.64 Å². The van der Waals surface area contributed by atoms with Crippen molar-refractivity contribution in [3.05, 3.63) is 71.4 Å². The van der Waals surface area contributed by atoms with Crippen molar-refractivity contribution in [2.75, 3.05) is 26.2 Å². The first-order valence-corrected chi connectivity index (χ1v) is 12.1. The molecule has 0 radical (unpaired) electrons. The number of imide groups is 1. The van der Waals surface area contributed by atoms with Gasteiger partial charge in [-0.3, -0.25) is 14.5 Å². The summed E-state index contributed by atoms with van der Waals surface area (Å²) >= 11 is 0. The molecule has 0 aromatic heterocycles. The van der Waals surface area contributed by atoms with Crippen molar-refractivity contribution in [1.29, 1.82) is 0 Å². The van der Waals surface area contributed by atoms with E-state index in [0.29, 0.717) is 42.7 Å². The average molecular weight is 447 g/mol. The van der Waals surface area contributed by atoms with Gasteiger partial charge in [-0.25, -0.2) is 0 Å². The van der Waals surface area contributed by atoms with Gasteiger partial charge in [-0.2, -0.15) is 0 Å². The molecular formula is C28H34N2O3. The van der Waals surface area contributed by atoms with E-state index in [9.17, 15) is 9.59 Å². The van der Waals surface area contributed by atoms with E-state index in [1.807, 2.05) is 54.6 Å². The number of ether oxygens (including phenoxy) is 1. The Morgan fingerprint density at radius 2 is 1.58 bits per heavy atom. The first-order chi connectivity index (χ1) is 16.0. The predicted octanol–water partition coefficient (Wildman–Crippen LogP) is 4.78. The second-order valence-corrected chi connectivity index (χ2v) is 9.45. The summed E-state index contributed by atoms with van der Waals surface area (Å²) in [5, 5.41) is 0. The number of hydrogen-bond donors (Lipinski definition) is 0. The Bertz CT molecular complexity index is 1000. The van der Waals surface area contributed by atoms with Crippen LogP contribution in [0.4, 0.5) is 0 Å². The van der Waals surface area contributed by atoms with Crippen molar-refractivity contribution in [3.63, 3.8) is 0 Å². The Kier molecular flexibility index (Phi) is 7.17. The Balaban J connectivity index is 1.65. The molecule has 174 valence electrons. The second kappa shape index (κ2) is 10.2. The van der Waals surface area contributed by atoms with Gasteiger partial charge in [0.25, 0.3) is 11.8 Å². The minimum atomic E-state index is -0.195. The molecule has 2 aromatic rings. The minimum Gasteiger partial charge on any atom is -0.494 e. The van der Waals surface area contributed by atoms with Gasteiger partial charge in [-0.05, 0) is 54.4 Å². The van der Waals surface area contributed by atoms with E-state index in [1.54, 1.807) is 0 Å². The monoisotopic (exact) mass is 446 g/mol. The summed E-state index contributed by atoms with van der Waals surface area (Å²) < 4.78 is 5.71. The van der Waals surface area contributed by atoms with Crippen LogP contribution < -0.4 is 4.74 Å². The van der Waals surface area contributed by atoms with E-state index in [2.05, 4.69) is 25.7 Å². The summed E-state index contributed by atoms with van der Waals surface area (Å²) in [7, 11) is 0. The number of likely N-dealkylation sites (tertiary alicyclic amines) is 1. The van der Waals surface area contributed by atoms with Crippen LogP contribution in [0.3, 0.4) is 0 Å². The molecule has 33 heavy (non-hydrogen) atoms. The van der Waals surface area contributed by atoms with Crippen LogP contribution in [0.1, 0.15) is 44.7 Å². The fourth-order valence-corrected chi connectivity index (χ4v) is 4.99. The number of nitrogens with zero attached hydrogens (tertiary/aromatic N) is 2. The van der Waals surface area contributed by atoms with Gasteiger partial charge in [-0.1, -0.05) is 63.2 Å². The molecule has 1 fully saturated rings. The molecule has 2 heterocycles. The first-order valence-electron chi connectivity index (χ1n) is 12.1. The Morgan fingerprint density at radius 3 is 2.21 bits per heavy atom. The van der Waals surface area contributed by atoms with E-state index in [1.165, 1.54) is 4.90 Å². The third kappa shape index (κ3) is 5.13. The minimum absolute atomic E-state index is 0.168. The molecule has 2 aromatic carbocycles. The van der Waals surface area contributed by atoms with Crippen LogP contribution in [0.15, 0.2) is 60.3 Å². The smallest absolute Gasteiger partial charge is 0.277 e. The van der Waals surface area contributed by atoms with Crippen molar-refractivity contribution in [2.24, 2.45) is 11.8 Å². The van der Waals surface area contributed by atoms with Crippen molar-refractivity contribution >= 4 is 17.4 Å². The molecule has 2 aliphatic heterocycles. The highest BCUT2D eigenvalue weighted by atomic mass is 16.5. The lowest BCUT2D eigenvalue weighted by Gasteiger charge is -2.37. The maximum absolute atomic E-state index is 13.6. The fourth-order valence-electron chi connectivity index (χ4n) is 4.99. The fraction of sp³-hybridized carbons (Fsp3) is 0.429. The molecule has 2 aliphatic rings. The van der Waals surface area contributed by atoms with Crippen molar-refractivity contribution in [1.82, 2.24) is 9.80 Å². The zero-order valence-electron chi connectivity index (χ0n) is 19.9. The summed E-state index contributed by atoms with van der Waals surface area (Å²) in [6, 6.07) is 17.6. The zero-order chi connectivity index (χ0) is 23.4. The highest BCUT2D eigenvalue weighted by Gasteiger charge is 2.42. The van der Waals surface area contributed by atoms with Crippen LogP contribution in [0.2, 0.25) is 0 Å². The largest absolute Gasteiger partial charge is 0.494 e. The quantitative estimate of drug-likeness (QED) is 0.548. The Labute approximate surface area is 197 Å². The van der Waals surface area contributed by atoms with Crippen LogP contribution in [0.5, 0.6) is 5.75 Å². The predicted molar refractivity (Wildman–Crippen MR) is 131 cm³/mol. The van der Waals surface area contributed by atoms with Gasteiger partial charge in [0.05, 0.1) is 12.2 Å². The van der Waals surface area contributed by atoms with E-state index >= 15 is 0 Å². The zero-order valence-corrected chi connectivity index (χ0v) is 19.9. The summed E-state index contributed by atoms with van der Waals surface area (Å²) in [5.41, 5.74) is 2.98. The summed E-state index contributed by atoms with van der Waals surface area (Å²) in [4.78, 5) is 30.8. The van der Waals surface area contributed by atoms with Gasteiger partial charge in [-0.15, -0.1) is 0 Å². The number of piperidine rings is 1. The molecule has 2 amide bonds. The van der Waals surface area contributed by atoms with Crippen LogP contribution in [0.25, 0.3) is 5.57 Å². The molecule has 4 rings (SSSR count). The summed E-state index contributed by atoms with van der Waals surface area (Å²) in [6.07, 6.45) is 2.73. The van der Waals surface area contributed by atoms with Gasteiger partial charge in [0.15, 0.2) is 0 Å². The van der Waals surface area contributed by atoms with Crippen molar-refractivity contribution in [2.45, 2.75) is 40.0 Å². The molecule has 0 saturated carbocycles. The van der Waals surface area contributed by atoms with E-state index < -0.39 is 0 Å². The Morgan fingerprint density at radius 1 is 0.909 bits per heavy atom. The Hall–Kier alpha value is -3.08. The van der Waals surface area contributed by atoms with Crippen LogP contribution in [-0.4, -0.2) is 47.9 Å². The third-order valence-electron chi connectivity index (χ3n) is 6.41. The molecule has 2 atom stereocenters. The molecule has 5 nitrogen and oxygen atoms in total. The van der Waals surface area contributed by atoms with Crippen molar-refractivity contribution < 1.29 is 14.3 Å². The number of benzene rings is 2. The maximum atomic E-state index is 13.6. The maximum Gasteiger partial charge on any atom is 0.277 e. The molecule has 0 spiro atoms. The molecule has 1 saturated heterocycles. The lowest BCUT2D eigenvalue weighted by atomic mass is 9.91. The normalized spacial score (nSPS) is 21.2. The molecule has 2 unspecified atom stereocenters. The van der Waals surface area contributed by atoms with Gasteiger partial charge in [0.2, 0.25) is 0 Å². The van der Waals surface area contributed by atoms with E-state index in [0.717, 1.165) is 42.8 Å². The number of hydrogen-bond acceptors (Lipinski definition) is 4. The molecular weight excluding hydrogens is 412 g/mol. The SMILES string of the molecule is CCCOc1ccc(C2=C(N3CC(C)CC(C)C3)C(=O)N(CCc3ccccc3)C2=O)cc1. The summed E-state index contributed by atoms with van der Waals surface area (Å²) in [6.45, 7) is 9.14. The number of amides is 2. The third-order valence-corrected chi connectivity index (χ3v) is 6.41.